The molecule has 34 heavy (non-hydrogen) atoms. The highest BCUT2D eigenvalue weighted by atomic mass is 32.2. The van der Waals surface area contributed by atoms with Crippen LogP contribution >= 0.6 is 11.8 Å². The maximum Gasteiger partial charge on any atom is 0.271 e. The minimum Gasteiger partial charge on any atom is -0.454 e. The number of carbonyl (C=O) groups is 2. The van der Waals surface area contributed by atoms with Crippen LogP contribution in [0.5, 0.6) is 11.5 Å². The van der Waals surface area contributed by atoms with E-state index in [1.165, 1.54) is 23.1 Å². The van der Waals surface area contributed by atoms with Crippen LogP contribution < -0.4 is 19.7 Å². The molecule has 2 heterocycles. The van der Waals surface area contributed by atoms with Crippen LogP contribution in [-0.2, 0) is 9.59 Å². The van der Waals surface area contributed by atoms with Crippen molar-refractivity contribution in [2.45, 2.75) is 16.6 Å². The molecular formula is C24H19N3O6S. The van der Waals surface area contributed by atoms with E-state index in [2.05, 4.69) is 5.32 Å². The monoisotopic (exact) mass is 477 g/mol. The standard InChI is InChI=1S/C24H19N3O6S/c28-23(25-16-4-3-5-17(11-16)27(30)31)13-26-18-6-1-2-7-21(18)34-22(12-24(26)29)15-8-9-19-20(10-15)33-14-32-19/h1-11,22H,12-14H2,(H,25,28). The van der Waals surface area contributed by atoms with E-state index in [0.29, 0.717) is 22.9 Å². The Morgan fingerprint density at radius 1 is 1.09 bits per heavy atom. The number of nitro benzene ring substituents is 1. The summed E-state index contributed by atoms with van der Waals surface area (Å²) in [6.07, 6.45) is 0.184. The highest BCUT2D eigenvalue weighted by Gasteiger charge is 2.31. The van der Waals surface area contributed by atoms with Crippen molar-refractivity contribution < 1.29 is 24.0 Å². The molecule has 0 aliphatic carbocycles. The van der Waals surface area contributed by atoms with Crippen molar-refractivity contribution in [2.24, 2.45) is 0 Å². The number of nitro groups is 1. The Kier molecular flexibility index (Phi) is 5.81. The molecule has 0 spiro atoms. The first-order chi connectivity index (χ1) is 16.5. The average Bonchev–Trinajstić information content (AvgIpc) is 3.25. The molecule has 9 nitrogen and oxygen atoms in total. The smallest absolute Gasteiger partial charge is 0.271 e. The molecule has 2 aliphatic heterocycles. The lowest BCUT2D eigenvalue weighted by molar-refractivity contribution is -0.384. The number of carbonyl (C=O) groups excluding carboxylic acids is 2. The van der Waals surface area contributed by atoms with Gasteiger partial charge in [0.1, 0.15) is 6.54 Å². The topological polar surface area (TPSA) is 111 Å². The summed E-state index contributed by atoms with van der Waals surface area (Å²) in [5, 5.41) is 13.5. The first kappa shape index (κ1) is 21.8. The number of non-ortho nitro benzene ring substituents is 1. The zero-order chi connectivity index (χ0) is 23.7. The van der Waals surface area contributed by atoms with E-state index in [0.717, 1.165) is 10.5 Å². The van der Waals surface area contributed by atoms with Crippen LogP contribution in [0.15, 0.2) is 71.6 Å². The number of thioether (sulfide) groups is 1. The van der Waals surface area contributed by atoms with Gasteiger partial charge in [-0.05, 0) is 35.9 Å². The maximum absolute atomic E-state index is 13.3. The second-order valence-corrected chi connectivity index (χ2v) is 8.97. The van der Waals surface area contributed by atoms with E-state index in [9.17, 15) is 19.7 Å². The van der Waals surface area contributed by atoms with Crippen molar-refractivity contribution >= 4 is 40.6 Å². The number of ether oxygens (including phenoxy) is 2. The minimum atomic E-state index is -0.530. The number of hydrogen-bond acceptors (Lipinski definition) is 7. The maximum atomic E-state index is 13.3. The van der Waals surface area contributed by atoms with Gasteiger partial charge >= 0.3 is 0 Å². The summed E-state index contributed by atoms with van der Waals surface area (Å²) >= 11 is 1.55. The fourth-order valence-corrected chi connectivity index (χ4v) is 5.16. The Hall–Kier alpha value is -4.05. The Morgan fingerprint density at radius 2 is 1.91 bits per heavy atom. The molecule has 0 saturated heterocycles. The van der Waals surface area contributed by atoms with Gasteiger partial charge < -0.3 is 19.7 Å². The first-order valence-electron chi connectivity index (χ1n) is 10.5. The Labute approximate surface area is 198 Å². The molecule has 5 rings (SSSR count). The second-order valence-electron chi connectivity index (χ2n) is 7.73. The summed E-state index contributed by atoms with van der Waals surface area (Å²) in [6.45, 7) is -0.0429. The average molecular weight is 477 g/mol. The Morgan fingerprint density at radius 3 is 2.76 bits per heavy atom. The van der Waals surface area contributed by atoms with Gasteiger partial charge in [0, 0.05) is 34.4 Å². The van der Waals surface area contributed by atoms with Gasteiger partial charge in [0.05, 0.1) is 10.6 Å². The molecular weight excluding hydrogens is 458 g/mol. The van der Waals surface area contributed by atoms with Gasteiger partial charge in [0.25, 0.3) is 5.69 Å². The molecule has 1 N–H and O–H groups in total. The van der Waals surface area contributed by atoms with Gasteiger partial charge in [0.15, 0.2) is 11.5 Å². The van der Waals surface area contributed by atoms with Gasteiger partial charge in [-0.25, -0.2) is 0 Å². The third-order valence-electron chi connectivity index (χ3n) is 5.50. The molecule has 2 aliphatic rings. The Balaban J connectivity index is 1.38. The number of hydrogen-bond donors (Lipinski definition) is 1. The van der Waals surface area contributed by atoms with E-state index >= 15 is 0 Å². The number of rotatable bonds is 5. The Bertz CT molecular complexity index is 1300. The third kappa shape index (κ3) is 4.40. The molecule has 0 radical (unpaired) electrons. The third-order valence-corrected chi connectivity index (χ3v) is 6.82. The lowest BCUT2D eigenvalue weighted by Crippen LogP contribution is -2.38. The highest BCUT2D eigenvalue weighted by molar-refractivity contribution is 7.99. The van der Waals surface area contributed by atoms with Crippen LogP contribution in [0.4, 0.5) is 17.1 Å². The van der Waals surface area contributed by atoms with E-state index in [1.54, 1.807) is 17.8 Å². The fourth-order valence-electron chi connectivity index (χ4n) is 3.89. The summed E-state index contributed by atoms with van der Waals surface area (Å²) in [6, 6.07) is 18.8. The molecule has 1 atom stereocenters. The molecule has 172 valence electrons. The van der Waals surface area contributed by atoms with E-state index in [1.807, 2.05) is 42.5 Å². The first-order valence-corrected chi connectivity index (χ1v) is 11.4. The van der Waals surface area contributed by atoms with Crippen molar-refractivity contribution in [1.82, 2.24) is 0 Å². The summed E-state index contributed by atoms with van der Waals surface area (Å²) in [7, 11) is 0. The largest absolute Gasteiger partial charge is 0.454 e. The molecule has 0 fully saturated rings. The number of para-hydroxylation sites is 1. The molecule has 0 saturated carbocycles. The van der Waals surface area contributed by atoms with Gasteiger partial charge in [-0.1, -0.05) is 24.3 Å². The second kappa shape index (κ2) is 9.06. The molecule has 1 unspecified atom stereocenters. The number of amides is 2. The zero-order valence-corrected chi connectivity index (χ0v) is 18.6. The molecule has 0 aromatic heterocycles. The number of benzene rings is 3. The summed E-state index contributed by atoms with van der Waals surface area (Å²) in [5.41, 5.74) is 1.74. The van der Waals surface area contributed by atoms with E-state index in [4.69, 9.17) is 9.47 Å². The van der Waals surface area contributed by atoms with Crippen molar-refractivity contribution in [3.05, 3.63) is 82.4 Å². The van der Waals surface area contributed by atoms with Crippen molar-refractivity contribution in [3.63, 3.8) is 0 Å². The lowest BCUT2D eigenvalue weighted by atomic mass is 10.1. The molecule has 2 amide bonds. The fraction of sp³-hybridized carbons (Fsp3) is 0.167. The van der Waals surface area contributed by atoms with Crippen LogP contribution in [0.2, 0.25) is 0 Å². The highest BCUT2D eigenvalue weighted by Crippen LogP contribution is 2.47. The zero-order valence-electron chi connectivity index (χ0n) is 17.8. The van der Waals surface area contributed by atoms with Gasteiger partial charge in [-0.3, -0.25) is 19.7 Å². The van der Waals surface area contributed by atoms with Crippen LogP contribution in [0.1, 0.15) is 17.2 Å². The predicted octanol–water partition coefficient (Wildman–Crippen LogP) is 4.53. The van der Waals surface area contributed by atoms with Crippen LogP contribution in [-0.4, -0.2) is 30.1 Å². The molecule has 3 aromatic carbocycles. The van der Waals surface area contributed by atoms with Crippen LogP contribution in [0.25, 0.3) is 0 Å². The van der Waals surface area contributed by atoms with Gasteiger partial charge in [-0.15, -0.1) is 11.8 Å². The van der Waals surface area contributed by atoms with Gasteiger partial charge in [0.2, 0.25) is 18.6 Å². The van der Waals surface area contributed by atoms with Gasteiger partial charge in [-0.2, -0.15) is 0 Å². The molecule has 3 aromatic rings. The summed E-state index contributed by atoms with van der Waals surface area (Å²) in [4.78, 5) is 38.9. The normalized spacial score (nSPS) is 16.5. The van der Waals surface area contributed by atoms with Crippen molar-refractivity contribution in [3.8, 4) is 11.5 Å². The van der Waals surface area contributed by atoms with Crippen LogP contribution in [0.3, 0.4) is 0 Å². The number of fused-ring (bicyclic) bond motifs is 2. The SMILES string of the molecule is O=C(CN1C(=O)CC(c2ccc3c(c2)OCO3)Sc2ccccc21)Nc1cccc([N+](=O)[O-])c1. The quantitative estimate of drug-likeness (QED) is 0.424. The number of nitrogens with zero attached hydrogens (tertiary/aromatic N) is 2. The van der Waals surface area contributed by atoms with E-state index in [-0.39, 0.29) is 36.6 Å². The van der Waals surface area contributed by atoms with Crippen molar-refractivity contribution in [2.75, 3.05) is 23.6 Å². The lowest BCUT2D eigenvalue weighted by Gasteiger charge is -2.22. The van der Waals surface area contributed by atoms with Crippen LogP contribution in [0, 0.1) is 10.1 Å². The minimum absolute atomic E-state index is 0.128. The number of nitrogens with one attached hydrogen (secondary N) is 1. The predicted molar refractivity (Wildman–Crippen MR) is 126 cm³/mol. The number of anilines is 2. The van der Waals surface area contributed by atoms with E-state index < -0.39 is 10.8 Å². The van der Waals surface area contributed by atoms with Crippen molar-refractivity contribution in [1.29, 1.82) is 0 Å². The summed E-state index contributed by atoms with van der Waals surface area (Å²) < 4.78 is 10.9. The summed E-state index contributed by atoms with van der Waals surface area (Å²) in [5.74, 6) is 0.675. The molecule has 0 bridgehead atoms. The molecule has 10 heteroatoms.